The maximum absolute atomic E-state index is 13.4. The van der Waals surface area contributed by atoms with E-state index in [9.17, 15) is 22.8 Å². The Morgan fingerprint density at radius 2 is 1.54 bits per heavy atom. The van der Waals surface area contributed by atoms with Gasteiger partial charge in [0.05, 0.1) is 32.7 Å². The molecule has 1 aromatic heterocycles. The van der Waals surface area contributed by atoms with Gasteiger partial charge < -0.3 is 10.4 Å². The van der Waals surface area contributed by atoms with E-state index in [1.165, 1.54) is 54.6 Å². The number of hydrogen-bond acceptors (Lipinski definition) is 3. The van der Waals surface area contributed by atoms with Gasteiger partial charge in [0.1, 0.15) is 0 Å². The fourth-order valence-corrected chi connectivity index (χ4v) is 3.65. The number of halogens is 5. The molecule has 6 nitrogen and oxygen atoms in total. The van der Waals surface area contributed by atoms with Crippen LogP contribution in [0.5, 0.6) is 0 Å². The fourth-order valence-electron chi connectivity index (χ4n) is 3.27. The Hall–Kier alpha value is -3.82. The van der Waals surface area contributed by atoms with E-state index in [4.69, 9.17) is 28.3 Å². The molecule has 0 aliphatic heterocycles. The highest BCUT2D eigenvalue weighted by Crippen LogP contribution is 2.34. The lowest BCUT2D eigenvalue weighted by atomic mass is 10.1. The number of para-hydroxylation sites is 1. The maximum Gasteiger partial charge on any atom is 0.435 e. The minimum atomic E-state index is -4.68. The largest absolute Gasteiger partial charge is 0.478 e. The van der Waals surface area contributed by atoms with Gasteiger partial charge in [0.15, 0.2) is 5.69 Å². The van der Waals surface area contributed by atoms with Gasteiger partial charge in [0.2, 0.25) is 0 Å². The minimum absolute atomic E-state index is 0.0617. The zero-order chi connectivity index (χ0) is 25.3. The predicted octanol–water partition coefficient (Wildman–Crippen LogP) is 6.82. The lowest BCUT2D eigenvalue weighted by Crippen LogP contribution is -2.13. The molecule has 0 saturated heterocycles. The molecular formula is C24H14Cl2F3N3O3. The molecule has 0 saturated carbocycles. The topological polar surface area (TPSA) is 84.2 Å². The lowest BCUT2D eigenvalue weighted by molar-refractivity contribution is -0.141. The summed E-state index contributed by atoms with van der Waals surface area (Å²) < 4.78 is 41.3. The average molecular weight is 520 g/mol. The van der Waals surface area contributed by atoms with E-state index >= 15 is 0 Å². The van der Waals surface area contributed by atoms with Crippen molar-refractivity contribution in [3.63, 3.8) is 0 Å². The summed E-state index contributed by atoms with van der Waals surface area (Å²) in [4.78, 5) is 23.8. The summed E-state index contributed by atoms with van der Waals surface area (Å²) in [6.45, 7) is 0. The van der Waals surface area contributed by atoms with E-state index in [2.05, 4.69) is 10.4 Å². The van der Waals surface area contributed by atoms with E-state index in [1.807, 2.05) is 0 Å². The number of aromatic carboxylic acids is 1. The van der Waals surface area contributed by atoms with Crippen LogP contribution < -0.4 is 5.32 Å². The van der Waals surface area contributed by atoms with Crippen molar-refractivity contribution in [2.45, 2.75) is 6.18 Å². The highest BCUT2D eigenvalue weighted by atomic mass is 35.5. The van der Waals surface area contributed by atoms with Gasteiger partial charge >= 0.3 is 12.1 Å². The third kappa shape index (κ3) is 5.16. The Morgan fingerprint density at radius 3 is 2.17 bits per heavy atom. The molecule has 4 aromatic rings. The molecule has 0 aliphatic rings. The quantitative estimate of drug-likeness (QED) is 0.303. The van der Waals surface area contributed by atoms with Crippen LogP contribution in [0.15, 0.2) is 72.8 Å². The van der Waals surface area contributed by atoms with E-state index in [1.54, 1.807) is 12.1 Å². The van der Waals surface area contributed by atoms with Gasteiger partial charge in [-0.25, -0.2) is 9.48 Å². The van der Waals surface area contributed by atoms with Crippen LogP contribution in [0, 0.1) is 0 Å². The molecule has 0 radical (unpaired) electrons. The first kappa shape index (κ1) is 24.3. The number of carbonyl (C=O) groups is 2. The molecule has 0 fully saturated rings. The van der Waals surface area contributed by atoms with Crippen LogP contribution in [0.3, 0.4) is 0 Å². The van der Waals surface area contributed by atoms with E-state index in [-0.39, 0.29) is 38.2 Å². The summed E-state index contributed by atoms with van der Waals surface area (Å²) in [5.41, 5.74) is -0.146. The molecule has 11 heteroatoms. The molecule has 35 heavy (non-hydrogen) atoms. The molecule has 0 aliphatic carbocycles. The highest BCUT2D eigenvalue weighted by molar-refractivity contribution is 6.34. The number of carboxylic acid groups (broad SMARTS) is 1. The van der Waals surface area contributed by atoms with Gasteiger partial charge in [-0.05, 0) is 48.5 Å². The van der Waals surface area contributed by atoms with E-state index in [0.717, 1.165) is 10.7 Å². The number of hydrogen-bond donors (Lipinski definition) is 2. The zero-order valence-corrected chi connectivity index (χ0v) is 19.0. The maximum atomic E-state index is 13.4. The Morgan fingerprint density at radius 1 is 0.886 bits per heavy atom. The number of amides is 1. The monoisotopic (exact) mass is 519 g/mol. The van der Waals surface area contributed by atoms with Crippen LogP contribution >= 0.6 is 23.2 Å². The van der Waals surface area contributed by atoms with Crippen molar-refractivity contribution < 1.29 is 27.9 Å². The minimum Gasteiger partial charge on any atom is -0.478 e. The van der Waals surface area contributed by atoms with Crippen LogP contribution in [0.2, 0.25) is 10.0 Å². The van der Waals surface area contributed by atoms with Gasteiger partial charge in [0.25, 0.3) is 5.91 Å². The molecule has 1 heterocycles. The second-order valence-electron chi connectivity index (χ2n) is 7.31. The second kappa shape index (κ2) is 9.44. The smallest absolute Gasteiger partial charge is 0.435 e. The molecule has 178 valence electrons. The van der Waals surface area contributed by atoms with Crippen molar-refractivity contribution in [2.75, 3.05) is 5.32 Å². The number of anilines is 1. The molecular weight excluding hydrogens is 506 g/mol. The lowest BCUT2D eigenvalue weighted by Gasteiger charge is -2.11. The normalized spacial score (nSPS) is 11.3. The number of rotatable bonds is 5. The Kier molecular flexibility index (Phi) is 6.56. The van der Waals surface area contributed by atoms with Crippen LogP contribution in [-0.4, -0.2) is 26.8 Å². The van der Waals surface area contributed by atoms with Gasteiger partial charge in [0, 0.05) is 11.1 Å². The Labute approximate surface area is 206 Å². The fraction of sp³-hybridized carbons (Fsp3) is 0.0417. The van der Waals surface area contributed by atoms with Crippen molar-refractivity contribution >= 4 is 40.8 Å². The third-order valence-corrected chi connectivity index (χ3v) is 5.63. The molecule has 1 amide bonds. The predicted molar refractivity (Wildman–Crippen MR) is 125 cm³/mol. The summed E-state index contributed by atoms with van der Waals surface area (Å²) in [5.74, 6) is -1.77. The molecule has 4 rings (SSSR count). The highest BCUT2D eigenvalue weighted by Gasteiger charge is 2.35. The van der Waals surface area contributed by atoms with Crippen molar-refractivity contribution in [2.24, 2.45) is 0 Å². The van der Waals surface area contributed by atoms with Crippen LogP contribution in [-0.2, 0) is 6.18 Å². The Bertz CT molecular complexity index is 1430. The van der Waals surface area contributed by atoms with Crippen LogP contribution in [0.25, 0.3) is 16.9 Å². The molecule has 0 atom stereocenters. The first-order valence-corrected chi connectivity index (χ1v) is 10.7. The van der Waals surface area contributed by atoms with Crippen molar-refractivity contribution in [1.82, 2.24) is 9.78 Å². The number of nitrogens with one attached hydrogen (secondary N) is 1. The summed E-state index contributed by atoms with van der Waals surface area (Å²) in [6.07, 6.45) is -4.68. The number of carbonyl (C=O) groups excluding carboxylic acids is 1. The molecule has 0 unspecified atom stereocenters. The summed E-state index contributed by atoms with van der Waals surface area (Å²) in [6, 6.07) is 16.9. The van der Waals surface area contributed by atoms with Crippen LogP contribution in [0.1, 0.15) is 26.4 Å². The van der Waals surface area contributed by atoms with Crippen molar-refractivity contribution in [3.8, 4) is 16.9 Å². The second-order valence-corrected chi connectivity index (χ2v) is 8.12. The average Bonchev–Trinajstić information content (AvgIpc) is 3.26. The molecule has 0 spiro atoms. The standard InChI is InChI=1S/C24H14Cl2F3N3O3/c25-16-10-9-15(23(34)35)11-18(16)30-22(33)14-7-5-13(6-8-14)20-12-21(24(27,28)29)31-32(20)19-4-2-1-3-17(19)26/h1-12H,(H,30,33)(H,34,35). The number of nitrogens with zero attached hydrogens (tertiary/aromatic N) is 2. The van der Waals surface area contributed by atoms with Crippen molar-refractivity contribution in [3.05, 3.63) is 99.7 Å². The number of benzene rings is 3. The first-order valence-electron chi connectivity index (χ1n) is 9.91. The summed E-state index contributed by atoms with van der Waals surface area (Å²) >= 11 is 12.2. The molecule has 3 aromatic carbocycles. The van der Waals surface area contributed by atoms with Gasteiger partial charge in [-0.1, -0.05) is 47.5 Å². The van der Waals surface area contributed by atoms with Gasteiger partial charge in [-0.3, -0.25) is 4.79 Å². The van der Waals surface area contributed by atoms with E-state index in [0.29, 0.717) is 5.56 Å². The summed E-state index contributed by atoms with van der Waals surface area (Å²) in [7, 11) is 0. The SMILES string of the molecule is O=C(O)c1ccc(Cl)c(NC(=O)c2ccc(-c3cc(C(F)(F)F)nn3-c3ccccc3Cl)cc2)c1. The number of carboxylic acids is 1. The summed E-state index contributed by atoms with van der Waals surface area (Å²) in [5, 5.41) is 15.7. The Balaban J connectivity index is 1.67. The van der Waals surface area contributed by atoms with Crippen LogP contribution in [0.4, 0.5) is 18.9 Å². The zero-order valence-electron chi connectivity index (χ0n) is 17.5. The number of alkyl halides is 3. The van der Waals surface area contributed by atoms with E-state index < -0.39 is 23.7 Å². The first-order chi connectivity index (χ1) is 16.5. The number of aromatic nitrogens is 2. The van der Waals surface area contributed by atoms with Gasteiger partial charge in [-0.2, -0.15) is 18.3 Å². The molecule has 2 N–H and O–H groups in total. The van der Waals surface area contributed by atoms with Gasteiger partial charge in [-0.15, -0.1) is 0 Å². The van der Waals surface area contributed by atoms with Crippen molar-refractivity contribution in [1.29, 1.82) is 0 Å². The third-order valence-electron chi connectivity index (χ3n) is 4.98. The molecule has 0 bridgehead atoms.